The molecule has 1 saturated heterocycles. The Morgan fingerprint density at radius 1 is 1.19 bits per heavy atom. The summed E-state index contributed by atoms with van der Waals surface area (Å²) >= 11 is 1.68. The highest BCUT2D eigenvalue weighted by Gasteiger charge is 2.22. The van der Waals surface area contributed by atoms with Gasteiger partial charge >= 0.3 is 0 Å². The molecule has 6 heteroatoms. The van der Waals surface area contributed by atoms with Gasteiger partial charge in [-0.3, -0.25) is 4.90 Å². The number of rotatable bonds is 6. The minimum Gasteiger partial charge on any atom is -0.491 e. The van der Waals surface area contributed by atoms with Crippen LogP contribution in [0.2, 0.25) is 0 Å². The molecule has 26 heavy (non-hydrogen) atoms. The van der Waals surface area contributed by atoms with Gasteiger partial charge in [0.15, 0.2) is 5.13 Å². The summed E-state index contributed by atoms with van der Waals surface area (Å²) in [6.45, 7) is 11.3. The summed E-state index contributed by atoms with van der Waals surface area (Å²) in [4.78, 5) is 8.98. The van der Waals surface area contributed by atoms with E-state index in [1.54, 1.807) is 11.3 Å². The van der Waals surface area contributed by atoms with Crippen LogP contribution in [0.15, 0.2) is 35.8 Å². The molecule has 2 heterocycles. The van der Waals surface area contributed by atoms with Crippen LogP contribution in [0.5, 0.6) is 5.75 Å². The van der Waals surface area contributed by atoms with E-state index < -0.39 is 6.10 Å². The first-order valence-electron chi connectivity index (χ1n) is 9.20. The van der Waals surface area contributed by atoms with Crippen molar-refractivity contribution in [2.24, 2.45) is 0 Å². The predicted molar refractivity (Wildman–Crippen MR) is 107 cm³/mol. The van der Waals surface area contributed by atoms with Crippen molar-refractivity contribution in [2.75, 3.05) is 44.2 Å². The third kappa shape index (κ3) is 4.96. The molecule has 0 radical (unpaired) electrons. The van der Waals surface area contributed by atoms with Crippen molar-refractivity contribution >= 4 is 16.5 Å². The highest BCUT2D eigenvalue weighted by molar-refractivity contribution is 7.13. The van der Waals surface area contributed by atoms with Crippen LogP contribution in [0.25, 0.3) is 0 Å². The fourth-order valence-corrected chi connectivity index (χ4v) is 3.94. The Morgan fingerprint density at radius 2 is 1.92 bits per heavy atom. The molecule has 1 atom stereocenters. The lowest BCUT2D eigenvalue weighted by Crippen LogP contribution is -2.49. The number of aromatic nitrogens is 1. The molecule has 1 N–H and O–H groups in total. The Labute approximate surface area is 160 Å². The summed E-state index contributed by atoms with van der Waals surface area (Å²) in [5, 5.41) is 13.5. The second kappa shape index (κ2) is 8.37. The van der Waals surface area contributed by atoms with Crippen LogP contribution in [0.1, 0.15) is 26.3 Å². The Hall–Kier alpha value is -1.63. The zero-order valence-corrected chi connectivity index (χ0v) is 16.7. The van der Waals surface area contributed by atoms with Crippen molar-refractivity contribution in [3.8, 4) is 5.75 Å². The van der Waals surface area contributed by atoms with Crippen LogP contribution in [-0.2, 0) is 5.41 Å². The number of anilines is 1. The number of aliphatic hydroxyl groups excluding tert-OH is 1. The van der Waals surface area contributed by atoms with E-state index in [4.69, 9.17) is 4.74 Å². The SMILES string of the molecule is CC(C)(C)c1ccccc1OC[C@@H](O)CN1CCN(c2nccs2)CC1. The molecule has 1 aliphatic rings. The molecule has 1 aromatic heterocycles. The number of hydrogen-bond donors (Lipinski definition) is 1. The Morgan fingerprint density at radius 3 is 2.58 bits per heavy atom. The molecule has 1 aromatic carbocycles. The molecule has 0 spiro atoms. The van der Waals surface area contributed by atoms with Crippen molar-refractivity contribution in [1.82, 2.24) is 9.88 Å². The molecule has 142 valence electrons. The molecule has 0 aliphatic carbocycles. The van der Waals surface area contributed by atoms with Gasteiger partial charge in [-0.05, 0) is 17.0 Å². The van der Waals surface area contributed by atoms with Gasteiger partial charge in [0.25, 0.3) is 0 Å². The van der Waals surface area contributed by atoms with Gasteiger partial charge in [0.05, 0.1) is 0 Å². The van der Waals surface area contributed by atoms with Gasteiger partial charge in [-0.2, -0.15) is 0 Å². The summed E-state index contributed by atoms with van der Waals surface area (Å²) in [6.07, 6.45) is 1.36. The summed E-state index contributed by atoms with van der Waals surface area (Å²) in [5.74, 6) is 0.868. The zero-order chi connectivity index (χ0) is 18.6. The van der Waals surface area contributed by atoms with Gasteiger partial charge in [-0.1, -0.05) is 39.0 Å². The highest BCUT2D eigenvalue weighted by Crippen LogP contribution is 2.31. The summed E-state index contributed by atoms with van der Waals surface area (Å²) in [7, 11) is 0. The summed E-state index contributed by atoms with van der Waals surface area (Å²) in [6, 6.07) is 8.10. The van der Waals surface area contributed by atoms with Crippen LogP contribution in [0, 0.1) is 0 Å². The molecule has 5 nitrogen and oxygen atoms in total. The summed E-state index contributed by atoms with van der Waals surface area (Å²) < 4.78 is 5.95. The quantitative estimate of drug-likeness (QED) is 0.841. The topological polar surface area (TPSA) is 48.8 Å². The van der Waals surface area contributed by atoms with E-state index in [1.165, 1.54) is 5.56 Å². The van der Waals surface area contributed by atoms with Crippen LogP contribution in [-0.4, -0.2) is 60.4 Å². The number of benzene rings is 1. The first-order chi connectivity index (χ1) is 12.4. The lowest BCUT2D eigenvalue weighted by atomic mass is 9.86. The van der Waals surface area contributed by atoms with Crippen molar-refractivity contribution in [3.63, 3.8) is 0 Å². The molecule has 0 amide bonds. The van der Waals surface area contributed by atoms with E-state index in [0.29, 0.717) is 13.2 Å². The number of thiazole rings is 1. The van der Waals surface area contributed by atoms with Gasteiger partial charge in [-0.25, -0.2) is 4.98 Å². The average Bonchev–Trinajstić information content (AvgIpc) is 3.15. The van der Waals surface area contributed by atoms with Gasteiger partial charge < -0.3 is 14.7 Å². The van der Waals surface area contributed by atoms with Crippen molar-refractivity contribution in [3.05, 3.63) is 41.4 Å². The van der Waals surface area contributed by atoms with Crippen LogP contribution < -0.4 is 9.64 Å². The molecule has 0 bridgehead atoms. The number of aliphatic hydroxyl groups is 1. The van der Waals surface area contributed by atoms with E-state index >= 15 is 0 Å². The fraction of sp³-hybridized carbons (Fsp3) is 0.550. The molecule has 2 aromatic rings. The Bertz CT molecular complexity index is 677. The molecular formula is C20H29N3O2S. The minimum absolute atomic E-state index is 0.0215. The van der Waals surface area contributed by atoms with Crippen LogP contribution in [0.3, 0.4) is 0 Å². The van der Waals surface area contributed by atoms with Crippen molar-refractivity contribution in [2.45, 2.75) is 32.3 Å². The van der Waals surface area contributed by atoms with E-state index in [0.717, 1.165) is 37.1 Å². The van der Waals surface area contributed by atoms with Crippen LogP contribution in [0.4, 0.5) is 5.13 Å². The smallest absolute Gasteiger partial charge is 0.185 e. The van der Waals surface area contributed by atoms with Gasteiger partial charge in [0, 0.05) is 44.3 Å². The first kappa shape index (κ1) is 19.1. The third-order valence-electron chi connectivity index (χ3n) is 4.66. The molecule has 0 unspecified atom stereocenters. The number of nitrogens with zero attached hydrogens (tertiary/aromatic N) is 3. The molecule has 1 fully saturated rings. The lowest BCUT2D eigenvalue weighted by molar-refractivity contribution is 0.0656. The van der Waals surface area contributed by atoms with Gasteiger partial charge in [0.1, 0.15) is 18.5 Å². The standard InChI is InChI=1S/C20H29N3O2S/c1-20(2,3)17-6-4-5-7-18(17)25-15-16(24)14-22-9-11-23(12-10-22)19-21-8-13-26-19/h4-8,13,16,24H,9-12,14-15H2,1-3H3/t16-/m0/s1. The maximum absolute atomic E-state index is 10.4. The van der Waals surface area contributed by atoms with E-state index in [2.05, 4.69) is 41.6 Å². The average molecular weight is 376 g/mol. The number of hydrogen-bond acceptors (Lipinski definition) is 6. The van der Waals surface area contributed by atoms with Gasteiger partial charge in [-0.15, -0.1) is 11.3 Å². The first-order valence-corrected chi connectivity index (χ1v) is 10.1. The minimum atomic E-state index is -0.491. The second-order valence-corrected chi connectivity index (χ2v) is 8.69. The third-order valence-corrected chi connectivity index (χ3v) is 5.49. The zero-order valence-electron chi connectivity index (χ0n) is 15.9. The maximum atomic E-state index is 10.4. The lowest BCUT2D eigenvalue weighted by Gasteiger charge is -2.35. The van der Waals surface area contributed by atoms with E-state index in [-0.39, 0.29) is 5.41 Å². The Balaban J connectivity index is 1.46. The largest absolute Gasteiger partial charge is 0.491 e. The van der Waals surface area contributed by atoms with E-state index in [1.807, 2.05) is 29.8 Å². The second-order valence-electron chi connectivity index (χ2n) is 7.81. The molecule has 1 aliphatic heterocycles. The maximum Gasteiger partial charge on any atom is 0.185 e. The molecule has 0 saturated carbocycles. The fourth-order valence-electron chi connectivity index (χ4n) is 3.24. The number of β-amino-alcohol motifs (C(OH)–C–C–N with tert-alkyl or cyclic N) is 1. The monoisotopic (exact) mass is 375 g/mol. The number of piperazine rings is 1. The summed E-state index contributed by atoms with van der Waals surface area (Å²) in [5.41, 5.74) is 1.19. The normalized spacial score (nSPS) is 17.3. The van der Waals surface area contributed by atoms with Gasteiger partial charge in [0.2, 0.25) is 0 Å². The molecule has 3 rings (SSSR count). The molecular weight excluding hydrogens is 346 g/mol. The number of para-hydroxylation sites is 1. The van der Waals surface area contributed by atoms with Crippen molar-refractivity contribution in [1.29, 1.82) is 0 Å². The highest BCUT2D eigenvalue weighted by atomic mass is 32.1. The predicted octanol–water partition coefficient (Wildman–Crippen LogP) is 3.00. The van der Waals surface area contributed by atoms with Crippen LogP contribution >= 0.6 is 11.3 Å². The van der Waals surface area contributed by atoms with E-state index in [9.17, 15) is 5.11 Å². The Kier molecular flexibility index (Phi) is 6.16. The number of ether oxygens (including phenoxy) is 1. The van der Waals surface area contributed by atoms with Crippen molar-refractivity contribution < 1.29 is 9.84 Å².